The molecule has 0 saturated heterocycles. The lowest BCUT2D eigenvalue weighted by Crippen LogP contribution is -2.38. The number of aryl methyl sites for hydroxylation is 1. The van der Waals surface area contributed by atoms with Crippen molar-refractivity contribution >= 4 is 11.3 Å². The molecule has 1 fully saturated rings. The van der Waals surface area contributed by atoms with Gasteiger partial charge < -0.3 is 0 Å². The van der Waals surface area contributed by atoms with Gasteiger partial charge in [-0.1, -0.05) is 26.7 Å². The van der Waals surface area contributed by atoms with E-state index < -0.39 is 0 Å². The first-order chi connectivity index (χ1) is 8.20. The minimum atomic E-state index is 0.734. The highest BCUT2D eigenvalue weighted by Crippen LogP contribution is 2.28. The first kappa shape index (κ1) is 13.0. The van der Waals surface area contributed by atoms with Gasteiger partial charge in [0.05, 0.1) is 6.54 Å². The van der Waals surface area contributed by atoms with Gasteiger partial charge in [-0.2, -0.15) is 0 Å². The molecule has 0 spiro atoms. The molecule has 4 heteroatoms. The van der Waals surface area contributed by atoms with Crippen molar-refractivity contribution in [3.8, 4) is 0 Å². The third-order valence-electron chi connectivity index (χ3n) is 3.83. The molecule has 0 bridgehead atoms. The van der Waals surface area contributed by atoms with Crippen LogP contribution in [0.5, 0.6) is 0 Å². The molecule has 17 heavy (non-hydrogen) atoms. The van der Waals surface area contributed by atoms with Crippen LogP contribution in [-0.4, -0.2) is 28.2 Å². The number of rotatable bonds is 4. The number of aromatic nitrogens is 2. The quantitative estimate of drug-likeness (QED) is 0.825. The Hall–Kier alpha value is -0.480. The second kappa shape index (κ2) is 5.91. The Kier molecular flexibility index (Phi) is 4.51. The maximum absolute atomic E-state index is 4.27. The van der Waals surface area contributed by atoms with Gasteiger partial charge in [0.2, 0.25) is 0 Å². The summed E-state index contributed by atoms with van der Waals surface area (Å²) in [7, 11) is 2.24. The van der Waals surface area contributed by atoms with E-state index in [2.05, 4.69) is 36.0 Å². The summed E-state index contributed by atoms with van der Waals surface area (Å²) in [5, 5.41) is 10.8. The SMILES string of the molecule is CCc1nnc(CN(C)[C@H]2CCCC[C@H]2C)s1. The van der Waals surface area contributed by atoms with Crippen molar-refractivity contribution in [1.29, 1.82) is 0 Å². The summed E-state index contributed by atoms with van der Waals surface area (Å²) in [6.07, 6.45) is 6.52. The Morgan fingerprint density at radius 1 is 1.24 bits per heavy atom. The van der Waals surface area contributed by atoms with Gasteiger partial charge in [0, 0.05) is 6.04 Å². The van der Waals surface area contributed by atoms with Crippen LogP contribution >= 0.6 is 11.3 Å². The lowest BCUT2D eigenvalue weighted by atomic mass is 9.85. The van der Waals surface area contributed by atoms with Crippen molar-refractivity contribution in [1.82, 2.24) is 15.1 Å². The summed E-state index contributed by atoms with van der Waals surface area (Å²) in [6.45, 7) is 5.49. The predicted octanol–water partition coefficient (Wildman–Crippen LogP) is 3.11. The molecule has 1 aliphatic rings. The van der Waals surface area contributed by atoms with Gasteiger partial charge in [-0.3, -0.25) is 4.90 Å². The fraction of sp³-hybridized carbons (Fsp3) is 0.846. The number of hydrogen-bond acceptors (Lipinski definition) is 4. The van der Waals surface area contributed by atoms with Gasteiger partial charge in [0.1, 0.15) is 10.0 Å². The molecule has 0 aliphatic heterocycles. The summed E-state index contributed by atoms with van der Waals surface area (Å²) >= 11 is 1.76. The van der Waals surface area contributed by atoms with E-state index in [4.69, 9.17) is 0 Å². The summed E-state index contributed by atoms with van der Waals surface area (Å²) in [5.74, 6) is 0.826. The lowest BCUT2D eigenvalue weighted by molar-refractivity contribution is 0.133. The zero-order valence-electron chi connectivity index (χ0n) is 11.1. The Labute approximate surface area is 108 Å². The van der Waals surface area contributed by atoms with Crippen molar-refractivity contribution in [2.75, 3.05) is 7.05 Å². The van der Waals surface area contributed by atoms with E-state index in [9.17, 15) is 0 Å². The normalized spacial score (nSPS) is 25.4. The van der Waals surface area contributed by atoms with Crippen LogP contribution in [0.4, 0.5) is 0 Å². The third-order valence-corrected chi connectivity index (χ3v) is 4.88. The average molecular weight is 253 g/mol. The van der Waals surface area contributed by atoms with Gasteiger partial charge in [-0.15, -0.1) is 21.5 Å². The molecule has 2 atom stereocenters. The molecule has 1 aliphatic carbocycles. The van der Waals surface area contributed by atoms with Gasteiger partial charge in [0.15, 0.2) is 0 Å². The van der Waals surface area contributed by atoms with E-state index in [1.165, 1.54) is 30.7 Å². The van der Waals surface area contributed by atoms with Crippen LogP contribution in [0.15, 0.2) is 0 Å². The largest absolute Gasteiger partial charge is 0.296 e. The van der Waals surface area contributed by atoms with Gasteiger partial charge in [-0.05, 0) is 32.2 Å². The lowest BCUT2D eigenvalue weighted by Gasteiger charge is -2.35. The molecule has 1 aromatic rings. The fourth-order valence-electron chi connectivity index (χ4n) is 2.78. The fourth-order valence-corrected chi connectivity index (χ4v) is 3.63. The van der Waals surface area contributed by atoms with Crippen LogP contribution in [0.25, 0.3) is 0 Å². The molecule has 0 N–H and O–H groups in total. The van der Waals surface area contributed by atoms with E-state index in [0.29, 0.717) is 0 Å². The Bertz CT molecular complexity index is 350. The second-order valence-electron chi connectivity index (χ2n) is 5.19. The molecule has 0 unspecified atom stereocenters. The zero-order valence-corrected chi connectivity index (χ0v) is 12.0. The van der Waals surface area contributed by atoms with Crippen LogP contribution in [0.3, 0.4) is 0 Å². The van der Waals surface area contributed by atoms with Crippen molar-refractivity contribution < 1.29 is 0 Å². The Balaban J connectivity index is 1.93. The van der Waals surface area contributed by atoms with Crippen molar-refractivity contribution in [2.45, 2.75) is 58.5 Å². The van der Waals surface area contributed by atoms with E-state index in [-0.39, 0.29) is 0 Å². The Morgan fingerprint density at radius 3 is 2.59 bits per heavy atom. The van der Waals surface area contributed by atoms with E-state index >= 15 is 0 Å². The summed E-state index contributed by atoms with van der Waals surface area (Å²) in [4.78, 5) is 2.48. The predicted molar refractivity (Wildman–Crippen MR) is 72.2 cm³/mol. The summed E-state index contributed by atoms with van der Waals surface area (Å²) in [6, 6.07) is 0.734. The second-order valence-corrected chi connectivity index (χ2v) is 6.33. The summed E-state index contributed by atoms with van der Waals surface area (Å²) in [5.41, 5.74) is 0. The minimum Gasteiger partial charge on any atom is -0.296 e. The molecule has 1 aromatic heterocycles. The minimum absolute atomic E-state index is 0.734. The van der Waals surface area contributed by atoms with Crippen LogP contribution < -0.4 is 0 Å². The molecule has 2 rings (SSSR count). The number of hydrogen-bond donors (Lipinski definition) is 0. The van der Waals surface area contributed by atoms with Gasteiger partial charge in [0.25, 0.3) is 0 Å². The Morgan fingerprint density at radius 2 is 1.94 bits per heavy atom. The van der Waals surface area contributed by atoms with Crippen LogP contribution in [0.2, 0.25) is 0 Å². The van der Waals surface area contributed by atoms with Crippen molar-refractivity contribution in [2.24, 2.45) is 5.92 Å². The van der Waals surface area contributed by atoms with Gasteiger partial charge >= 0.3 is 0 Å². The van der Waals surface area contributed by atoms with Crippen molar-refractivity contribution in [3.05, 3.63) is 10.0 Å². The smallest absolute Gasteiger partial charge is 0.131 e. The van der Waals surface area contributed by atoms with Crippen LogP contribution in [0, 0.1) is 5.92 Å². The maximum Gasteiger partial charge on any atom is 0.131 e. The molecule has 0 amide bonds. The summed E-state index contributed by atoms with van der Waals surface area (Å²) < 4.78 is 0. The average Bonchev–Trinajstić information content (AvgIpc) is 2.77. The molecule has 1 heterocycles. The van der Waals surface area contributed by atoms with Crippen LogP contribution in [0.1, 0.15) is 49.5 Å². The van der Waals surface area contributed by atoms with Gasteiger partial charge in [-0.25, -0.2) is 0 Å². The zero-order chi connectivity index (χ0) is 12.3. The molecule has 1 saturated carbocycles. The van der Waals surface area contributed by atoms with E-state index in [1.807, 2.05) is 0 Å². The van der Waals surface area contributed by atoms with E-state index in [0.717, 1.165) is 29.9 Å². The topological polar surface area (TPSA) is 29.0 Å². The van der Waals surface area contributed by atoms with E-state index in [1.54, 1.807) is 11.3 Å². The standard InChI is InChI=1S/C13H23N3S/c1-4-12-14-15-13(17-12)9-16(3)11-8-6-5-7-10(11)2/h10-11H,4-9H2,1-3H3/t10-,11+/m1/s1. The van der Waals surface area contributed by atoms with Crippen LogP contribution in [-0.2, 0) is 13.0 Å². The number of nitrogens with zero attached hydrogens (tertiary/aromatic N) is 3. The first-order valence-corrected chi connectivity index (χ1v) is 7.53. The maximum atomic E-state index is 4.27. The molecule has 3 nitrogen and oxygen atoms in total. The third kappa shape index (κ3) is 3.26. The highest BCUT2D eigenvalue weighted by molar-refractivity contribution is 7.11. The first-order valence-electron chi connectivity index (χ1n) is 6.72. The molecule has 0 radical (unpaired) electrons. The molecule has 96 valence electrons. The monoisotopic (exact) mass is 253 g/mol. The molecular weight excluding hydrogens is 230 g/mol. The highest BCUT2D eigenvalue weighted by atomic mass is 32.1. The highest BCUT2D eigenvalue weighted by Gasteiger charge is 2.25. The molecule has 0 aromatic carbocycles. The molecular formula is C13H23N3S. The van der Waals surface area contributed by atoms with Crippen molar-refractivity contribution in [3.63, 3.8) is 0 Å².